The van der Waals surface area contributed by atoms with Gasteiger partial charge in [0.1, 0.15) is 17.5 Å². The number of aromatic nitrogens is 3. The van der Waals surface area contributed by atoms with Gasteiger partial charge in [-0.15, -0.1) is 0 Å². The Kier molecular flexibility index (Phi) is 7.94. The summed E-state index contributed by atoms with van der Waals surface area (Å²) in [4.78, 5) is 33.9. The van der Waals surface area contributed by atoms with Gasteiger partial charge in [0.2, 0.25) is 5.91 Å². The maximum Gasteiger partial charge on any atom is 0.423 e. The Labute approximate surface area is 210 Å². The zero-order valence-corrected chi connectivity index (χ0v) is 19.9. The molecular formula is C23H27F3N8O3. The number of hydrogen-bond acceptors (Lipinski definition) is 9. The molecule has 3 N–H and O–H groups in total. The average molecular weight is 521 g/mol. The summed E-state index contributed by atoms with van der Waals surface area (Å²) in [6, 6.07) is 4.63. The van der Waals surface area contributed by atoms with E-state index in [0.717, 1.165) is 12.0 Å². The molecule has 198 valence electrons. The first kappa shape index (κ1) is 26.4. The van der Waals surface area contributed by atoms with Crippen LogP contribution in [0, 0.1) is 11.3 Å². The first-order valence-corrected chi connectivity index (χ1v) is 11.8. The summed E-state index contributed by atoms with van der Waals surface area (Å²) in [6.45, 7) is 2.53. The van der Waals surface area contributed by atoms with Crippen molar-refractivity contribution in [2.24, 2.45) is 5.73 Å². The highest BCUT2D eigenvalue weighted by Crippen LogP contribution is 2.36. The van der Waals surface area contributed by atoms with Crippen LogP contribution in [0.4, 0.5) is 24.7 Å². The van der Waals surface area contributed by atoms with Gasteiger partial charge < -0.3 is 25.2 Å². The standard InChI is InChI=1S/C23H27F3N8O3/c24-23(25,26)21-18(12-30-31-22(21)36)34-13-16(28)9-17(34)14-37-8-3-20(35)33-6-4-32(5-7-33)19-2-1-15(10-27)11-29-19/h1-2,11-12,16-17H,3-9,13-14,28H2,(H,31,36)/t16-,17-/m0/s1. The van der Waals surface area contributed by atoms with E-state index in [1.54, 1.807) is 17.0 Å². The number of nitrogens with zero attached hydrogens (tertiary/aromatic N) is 6. The van der Waals surface area contributed by atoms with Crippen molar-refractivity contribution >= 4 is 17.4 Å². The number of nitrogens with one attached hydrogen (secondary N) is 1. The number of H-pyrrole nitrogens is 1. The van der Waals surface area contributed by atoms with Crippen LogP contribution in [-0.4, -0.2) is 84.0 Å². The maximum atomic E-state index is 13.5. The fourth-order valence-electron chi connectivity index (χ4n) is 4.65. The number of aromatic amines is 1. The molecule has 0 spiro atoms. The van der Waals surface area contributed by atoms with Crippen molar-refractivity contribution in [3.8, 4) is 6.07 Å². The highest BCUT2D eigenvalue weighted by molar-refractivity contribution is 5.76. The molecule has 4 rings (SSSR count). The van der Waals surface area contributed by atoms with Crippen LogP contribution >= 0.6 is 0 Å². The van der Waals surface area contributed by atoms with Gasteiger partial charge in [0.05, 0.1) is 43.1 Å². The molecule has 0 unspecified atom stereocenters. The van der Waals surface area contributed by atoms with E-state index in [1.807, 2.05) is 16.1 Å². The van der Waals surface area contributed by atoms with E-state index in [1.165, 1.54) is 11.1 Å². The number of rotatable bonds is 7. The zero-order chi connectivity index (χ0) is 26.6. The first-order chi connectivity index (χ1) is 17.7. The average Bonchev–Trinajstić information content (AvgIpc) is 3.26. The van der Waals surface area contributed by atoms with Gasteiger partial charge in [0.25, 0.3) is 5.56 Å². The molecule has 2 saturated heterocycles. The summed E-state index contributed by atoms with van der Waals surface area (Å²) in [7, 11) is 0. The molecule has 14 heteroatoms. The molecule has 2 fully saturated rings. The molecule has 2 atom stereocenters. The molecule has 2 aromatic heterocycles. The summed E-state index contributed by atoms with van der Waals surface area (Å²) in [5.74, 6) is 0.670. The number of pyridine rings is 1. The molecule has 0 radical (unpaired) electrons. The fraction of sp³-hybridized carbons (Fsp3) is 0.522. The lowest BCUT2D eigenvalue weighted by Crippen LogP contribution is -2.49. The number of alkyl halides is 3. The minimum absolute atomic E-state index is 0.0587. The third kappa shape index (κ3) is 6.17. The summed E-state index contributed by atoms with van der Waals surface area (Å²) in [5, 5.41) is 14.3. The predicted molar refractivity (Wildman–Crippen MR) is 127 cm³/mol. The van der Waals surface area contributed by atoms with Crippen LogP contribution in [-0.2, 0) is 15.7 Å². The molecule has 4 heterocycles. The van der Waals surface area contributed by atoms with E-state index in [0.29, 0.717) is 38.2 Å². The molecule has 1 amide bonds. The second kappa shape index (κ2) is 11.1. The van der Waals surface area contributed by atoms with Crippen molar-refractivity contribution in [2.75, 3.05) is 55.7 Å². The van der Waals surface area contributed by atoms with Crippen LogP contribution in [0.3, 0.4) is 0 Å². The monoisotopic (exact) mass is 520 g/mol. The van der Waals surface area contributed by atoms with Gasteiger partial charge in [-0.3, -0.25) is 9.59 Å². The van der Waals surface area contributed by atoms with Crippen LogP contribution in [0.2, 0.25) is 0 Å². The van der Waals surface area contributed by atoms with Gasteiger partial charge in [-0.05, 0) is 18.6 Å². The third-order valence-corrected chi connectivity index (χ3v) is 6.48. The molecule has 0 aromatic carbocycles. The van der Waals surface area contributed by atoms with Crippen molar-refractivity contribution in [3.63, 3.8) is 0 Å². The zero-order valence-electron chi connectivity index (χ0n) is 19.9. The lowest BCUT2D eigenvalue weighted by molar-refractivity contribution is -0.138. The third-order valence-electron chi connectivity index (χ3n) is 6.48. The highest BCUT2D eigenvalue weighted by Gasteiger charge is 2.41. The number of carbonyl (C=O) groups is 1. The summed E-state index contributed by atoms with van der Waals surface area (Å²) in [6.07, 6.45) is -1.85. The van der Waals surface area contributed by atoms with Crippen LogP contribution < -0.4 is 21.1 Å². The Bertz CT molecular complexity index is 1190. The molecule has 0 bridgehead atoms. The number of nitriles is 1. The minimum Gasteiger partial charge on any atom is -0.379 e. The van der Waals surface area contributed by atoms with Gasteiger partial charge in [0, 0.05) is 45.0 Å². The quantitative estimate of drug-likeness (QED) is 0.505. The number of amides is 1. The Morgan fingerprint density at radius 3 is 2.65 bits per heavy atom. The Hall–Kier alpha value is -3.70. The van der Waals surface area contributed by atoms with Crippen molar-refractivity contribution in [2.45, 2.75) is 31.1 Å². The van der Waals surface area contributed by atoms with E-state index < -0.39 is 29.4 Å². The minimum atomic E-state index is -4.85. The molecule has 2 aromatic rings. The summed E-state index contributed by atoms with van der Waals surface area (Å²) in [5.41, 5.74) is 3.52. The van der Waals surface area contributed by atoms with Gasteiger partial charge in [-0.1, -0.05) is 0 Å². The smallest absolute Gasteiger partial charge is 0.379 e. The number of anilines is 2. The lowest BCUT2D eigenvalue weighted by Gasteiger charge is -2.35. The summed E-state index contributed by atoms with van der Waals surface area (Å²) >= 11 is 0. The van der Waals surface area contributed by atoms with Crippen molar-refractivity contribution in [3.05, 3.63) is 46.0 Å². The predicted octanol–water partition coefficient (Wildman–Crippen LogP) is 0.717. The topological polar surface area (TPSA) is 144 Å². The van der Waals surface area contributed by atoms with Gasteiger partial charge >= 0.3 is 6.18 Å². The Balaban J connectivity index is 1.26. The first-order valence-electron chi connectivity index (χ1n) is 11.8. The van der Waals surface area contributed by atoms with Crippen LogP contribution in [0.25, 0.3) is 0 Å². The van der Waals surface area contributed by atoms with E-state index in [4.69, 9.17) is 15.7 Å². The van der Waals surface area contributed by atoms with E-state index in [9.17, 15) is 22.8 Å². The number of nitrogens with two attached hydrogens (primary N) is 1. The van der Waals surface area contributed by atoms with Crippen LogP contribution in [0.5, 0.6) is 0 Å². The Morgan fingerprint density at radius 1 is 1.24 bits per heavy atom. The summed E-state index contributed by atoms with van der Waals surface area (Å²) < 4.78 is 46.2. The lowest BCUT2D eigenvalue weighted by atomic mass is 10.1. The van der Waals surface area contributed by atoms with Crippen LogP contribution in [0.15, 0.2) is 29.3 Å². The second-order valence-corrected chi connectivity index (χ2v) is 8.97. The maximum absolute atomic E-state index is 13.5. The van der Waals surface area contributed by atoms with E-state index in [-0.39, 0.29) is 37.8 Å². The van der Waals surface area contributed by atoms with Crippen molar-refractivity contribution in [1.29, 1.82) is 5.26 Å². The number of ether oxygens (including phenoxy) is 1. The second-order valence-electron chi connectivity index (χ2n) is 8.97. The highest BCUT2D eigenvalue weighted by atomic mass is 19.4. The number of piperazine rings is 1. The molecule has 11 nitrogen and oxygen atoms in total. The van der Waals surface area contributed by atoms with Gasteiger partial charge in [-0.2, -0.15) is 23.5 Å². The molecule has 0 saturated carbocycles. The van der Waals surface area contributed by atoms with E-state index in [2.05, 4.69) is 10.1 Å². The van der Waals surface area contributed by atoms with Gasteiger partial charge in [-0.25, -0.2) is 10.1 Å². The van der Waals surface area contributed by atoms with Crippen LogP contribution in [0.1, 0.15) is 24.0 Å². The normalized spacial score (nSPS) is 20.2. The number of carbonyl (C=O) groups excluding carboxylic acids is 1. The molecule has 2 aliphatic heterocycles. The van der Waals surface area contributed by atoms with Crippen molar-refractivity contribution < 1.29 is 22.7 Å². The molecular weight excluding hydrogens is 493 g/mol. The Morgan fingerprint density at radius 2 is 2.00 bits per heavy atom. The molecule has 37 heavy (non-hydrogen) atoms. The largest absolute Gasteiger partial charge is 0.423 e. The number of hydrogen-bond donors (Lipinski definition) is 2. The van der Waals surface area contributed by atoms with Gasteiger partial charge in [0.15, 0.2) is 0 Å². The fourth-order valence-corrected chi connectivity index (χ4v) is 4.65. The molecule has 2 aliphatic rings. The SMILES string of the molecule is N#Cc1ccc(N2CCN(C(=O)CCOC[C@@H]3C[C@H](N)CN3c3cn[nH]c(=O)c3C(F)(F)F)CC2)nc1. The number of halogens is 3. The van der Waals surface area contributed by atoms with E-state index >= 15 is 0 Å². The molecule has 0 aliphatic carbocycles. The van der Waals surface area contributed by atoms with Crippen molar-refractivity contribution in [1.82, 2.24) is 20.1 Å².